The number of aromatic carboxylic acids is 1. The fourth-order valence-corrected chi connectivity index (χ4v) is 5.38. The monoisotopic (exact) mass is 398 g/mol. The molecular formula is C19H16N3O3S2-. The highest BCUT2D eigenvalue weighted by molar-refractivity contribution is 8.00. The van der Waals surface area contributed by atoms with Crippen molar-refractivity contribution in [3.8, 4) is 0 Å². The predicted molar refractivity (Wildman–Crippen MR) is 104 cm³/mol. The summed E-state index contributed by atoms with van der Waals surface area (Å²) in [6.45, 7) is 0. The second kappa shape index (κ2) is 7.66. The van der Waals surface area contributed by atoms with E-state index in [1.54, 1.807) is 29.5 Å². The van der Waals surface area contributed by atoms with E-state index in [-0.39, 0.29) is 22.9 Å². The molecule has 0 saturated heterocycles. The van der Waals surface area contributed by atoms with E-state index in [9.17, 15) is 14.7 Å². The van der Waals surface area contributed by atoms with Crippen molar-refractivity contribution in [1.82, 2.24) is 9.97 Å². The first kappa shape index (κ1) is 17.9. The Morgan fingerprint density at radius 3 is 2.85 bits per heavy atom. The van der Waals surface area contributed by atoms with Crippen molar-refractivity contribution in [2.75, 3.05) is 11.1 Å². The van der Waals surface area contributed by atoms with Crippen LogP contribution in [0.5, 0.6) is 0 Å². The molecule has 1 aromatic carbocycles. The third kappa shape index (κ3) is 3.68. The molecule has 0 fully saturated rings. The fourth-order valence-electron chi connectivity index (χ4n) is 3.26. The number of thiophene rings is 1. The summed E-state index contributed by atoms with van der Waals surface area (Å²) >= 11 is 3.07. The highest BCUT2D eigenvalue weighted by Crippen LogP contribution is 2.39. The van der Waals surface area contributed by atoms with Gasteiger partial charge in [-0.15, -0.1) is 11.3 Å². The van der Waals surface area contributed by atoms with Gasteiger partial charge in [-0.05, 0) is 37.3 Å². The van der Waals surface area contributed by atoms with Crippen molar-refractivity contribution in [2.24, 2.45) is 0 Å². The Hall–Kier alpha value is -2.45. The Labute approximate surface area is 164 Å². The Morgan fingerprint density at radius 2 is 2.00 bits per heavy atom. The number of nitrogens with one attached hydrogen (secondary N) is 1. The standard InChI is InChI=1S/C19H17N3O3S2/c23-15(22-13-7-3-1-5-11(13)19(24)25)9-26-17-16-12-6-2-4-8-14(12)27-18(16)21-10-20-17/h1,3,5,7,10H,2,4,6,8-9H2,(H,22,23)(H,24,25)/p-1. The van der Waals surface area contributed by atoms with Gasteiger partial charge in [0.1, 0.15) is 16.2 Å². The molecule has 0 radical (unpaired) electrons. The van der Waals surface area contributed by atoms with Crippen LogP contribution < -0.4 is 10.4 Å². The van der Waals surface area contributed by atoms with Gasteiger partial charge in [0, 0.05) is 21.5 Å². The number of aryl methyl sites for hydroxylation is 2. The third-order valence-corrected chi connectivity index (χ3v) is 6.67. The highest BCUT2D eigenvalue weighted by Gasteiger charge is 2.20. The topological polar surface area (TPSA) is 95.0 Å². The van der Waals surface area contributed by atoms with Gasteiger partial charge in [0.25, 0.3) is 0 Å². The number of rotatable bonds is 5. The minimum Gasteiger partial charge on any atom is -0.545 e. The molecule has 6 nitrogen and oxygen atoms in total. The van der Waals surface area contributed by atoms with Gasteiger partial charge >= 0.3 is 0 Å². The van der Waals surface area contributed by atoms with E-state index in [1.165, 1.54) is 47.4 Å². The zero-order valence-electron chi connectivity index (χ0n) is 14.4. The summed E-state index contributed by atoms with van der Waals surface area (Å²) in [5, 5.41) is 15.7. The number of carbonyl (C=O) groups excluding carboxylic acids is 2. The molecule has 1 aliphatic rings. The molecular weight excluding hydrogens is 382 g/mol. The molecule has 0 atom stereocenters. The maximum atomic E-state index is 12.3. The number of aromatic nitrogens is 2. The maximum Gasteiger partial charge on any atom is 0.234 e. The Balaban J connectivity index is 1.52. The van der Waals surface area contributed by atoms with Crippen LogP contribution in [0.1, 0.15) is 33.6 Å². The Bertz CT molecular complexity index is 1030. The van der Waals surface area contributed by atoms with Crippen molar-refractivity contribution in [1.29, 1.82) is 0 Å². The van der Waals surface area contributed by atoms with Crippen LogP contribution in [-0.4, -0.2) is 27.6 Å². The molecule has 27 heavy (non-hydrogen) atoms. The van der Waals surface area contributed by atoms with Crippen LogP contribution in [0.4, 0.5) is 5.69 Å². The van der Waals surface area contributed by atoms with E-state index in [0.29, 0.717) is 0 Å². The molecule has 1 N–H and O–H groups in total. The molecule has 2 aromatic heterocycles. The summed E-state index contributed by atoms with van der Waals surface area (Å²) in [7, 11) is 0. The van der Waals surface area contributed by atoms with Crippen LogP contribution in [0.3, 0.4) is 0 Å². The number of para-hydroxylation sites is 1. The number of hydrogen-bond donors (Lipinski definition) is 1. The number of carbonyl (C=O) groups is 2. The first-order valence-electron chi connectivity index (χ1n) is 8.62. The summed E-state index contributed by atoms with van der Waals surface area (Å²) in [6.07, 6.45) is 6.02. The molecule has 3 aromatic rings. The summed E-state index contributed by atoms with van der Waals surface area (Å²) in [6, 6.07) is 6.21. The lowest BCUT2D eigenvalue weighted by atomic mass is 9.97. The van der Waals surface area contributed by atoms with E-state index in [4.69, 9.17) is 0 Å². The van der Waals surface area contributed by atoms with Gasteiger partial charge in [-0.25, -0.2) is 9.97 Å². The average molecular weight is 398 g/mol. The first-order valence-corrected chi connectivity index (χ1v) is 10.4. The zero-order valence-corrected chi connectivity index (χ0v) is 16.0. The molecule has 2 heterocycles. The van der Waals surface area contributed by atoms with Gasteiger partial charge in [0.2, 0.25) is 5.91 Å². The van der Waals surface area contributed by atoms with Crippen molar-refractivity contribution in [3.63, 3.8) is 0 Å². The largest absolute Gasteiger partial charge is 0.545 e. The normalized spacial score (nSPS) is 13.3. The molecule has 4 rings (SSSR count). The second-order valence-corrected chi connectivity index (χ2v) is 8.29. The van der Waals surface area contributed by atoms with E-state index < -0.39 is 5.97 Å². The van der Waals surface area contributed by atoms with Crippen molar-refractivity contribution >= 4 is 50.9 Å². The lowest BCUT2D eigenvalue weighted by Crippen LogP contribution is -2.25. The molecule has 1 aliphatic carbocycles. The van der Waals surface area contributed by atoms with Gasteiger partial charge in [0.15, 0.2) is 0 Å². The van der Waals surface area contributed by atoms with Gasteiger partial charge < -0.3 is 15.2 Å². The zero-order chi connectivity index (χ0) is 18.8. The summed E-state index contributed by atoms with van der Waals surface area (Å²) < 4.78 is 0. The molecule has 0 unspecified atom stereocenters. The Morgan fingerprint density at radius 1 is 1.19 bits per heavy atom. The first-order chi connectivity index (χ1) is 13.1. The number of fused-ring (bicyclic) bond motifs is 3. The van der Waals surface area contributed by atoms with Crippen molar-refractivity contribution in [3.05, 3.63) is 46.6 Å². The van der Waals surface area contributed by atoms with Gasteiger partial charge in [-0.2, -0.15) is 0 Å². The van der Waals surface area contributed by atoms with Crippen LogP contribution in [0.15, 0.2) is 35.6 Å². The fraction of sp³-hybridized carbons (Fsp3) is 0.263. The lowest BCUT2D eigenvalue weighted by Gasteiger charge is -2.12. The predicted octanol–water partition coefficient (Wildman–Crippen LogP) is 2.66. The maximum absolute atomic E-state index is 12.3. The third-order valence-electron chi connectivity index (χ3n) is 4.48. The lowest BCUT2D eigenvalue weighted by molar-refractivity contribution is -0.254. The average Bonchev–Trinajstić information content (AvgIpc) is 3.06. The van der Waals surface area contributed by atoms with Crippen LogP contribution in [0, 0.1) is 0 Å². The van der Waals surface area contributed by atoms with E-state index in [0.717, 1.165) is 28.1 Å². The van der Waals surface area contributed by atoms with E-state index >= 15 is 0 Å². The van der Waals surface area contributed by atoms with E-state index in [2.05, 4.69) is 15.3 Å². The number of benzene rings is 1. The minimum absolute atomic E-state index is 0.0350. The number of nitrogens with zero attached hydrogens (tertiary/aromatic N) is 2. The molecule has 0 spiro atoms. The van der Waals surface area contributed by atoms with Gasteiger partial charge in [-0.1, -0.05) is 30.0 Å². The highest BCUT2D eigenvalue weighted by atomic mass is 32.2. The molecule has 0 aliphatic heterocycles. The Kier molecular flexibility index (Phi) is 5.09. The second-order valence-electron chi connectivity index (χ2n) is 6.24. The molecule has 0 saturated carbocycles. The van der Waals surface area contributed by atoms with E-state index in [1.807, 2.05) is 0 Å². The SMILES string of the molecule is O=C(CSc1ncnc2sc3c(c12)CCCC3)Nc1ccccc1C(=O)[O-]. The summed E-state index contributed by atoms with van der Waals surface area (Å²) in [5.74, 6) is -1.47. The van der Waals surface area contributed by atoms with Crippen LogP contribution in [0.25, 0.3) is 10.2 Å². The minimum atomic E-state index is -1.32. The van der Waals surface area contributed by atoms with Crippen molar-refractivity contribution in [2.45, 2.75) is 30.7 Å². The molecule has 138 valence electrons. The number of carboxylic acid groups (broad SMARTS) is 1. The number of thioether (sulfide) groups is 1. The smallest absolute Gasteiger partial charge is 0.234 e. The molecule has 0 bridgehead atoms. The van der Waals surface area contributed by atoms with Gasteiger partial charge in [0.05, 0.1) is 11.7 Å². The number of anilines is 1. The number of amides is 1. The number of carboxylic acids is 1. The summed E-state index contributed by atoms with van der Waals surface area (Å²) in [5.41, 5.74) is 1.53. The quantitative estimate of drug-likeness (QED) is 0.524. The van der Waals surface area contributed by atoms with Crippen molar-refractivity contribution < 1.29 is 14.7 Å². The number of hydrogen-bond acceptors (Lipinski definition) is 7. The van der Waals surface area contributed by atoms with Crippen LogP contribution in [-0.2, 0) is 17.6 Å². The molecule has 8 heteroatoms. The van der Waals surface area contributed by atoms with Crippen LogP contribution in [0.2, 0.25) is 0 Å². The van der Waals surface area contributed by atoms with Gasteiger partial charge in [-0.3, -0.25) is 4.79 Å². The summed E-state index contributed by atoms with van der Waals surface area (Å²) in [4.78, 5) is 34.6. The van der Waals surface area contributed by atoms with Crippen LogP contribution >= 0.6 is 23.1 Å². The molecule has 1 amide bonds.